The van der Waals surface area contributed by atoms with Gasteiger partial charge in [-0.3, -0.25) is 0 Å². The van der Waals surface area contributed by atoms with Gasteiger partial charge in [0.15, 0.2) is 0 Å². The fourth-order valence-corrected chi connectivity index (χ4v) is 7.13. The summed E-state index contributed by atoms with van der Waals surface area (Å²) in [6, 6.07) is 62.1. The van der Waals surface area contributed by atoms with Crippen LogP contribution in [0.4, 0.5) is 17.1 Å². The van der Waals surface area contributed by atoms with Crippen molar-refractivity contribution in [1.82, 2.24) is 4.57 Å². The fraction of sp³-hybridized carbons (Fsp3) is 0.106. The summed E-state index contributed by atoms with van der Waals surface area (Å²) in [5.74, 6) is 0. The van der Waals surface area contributed by atoms with Gasteiger partial charge >= 0.3 is 0 Å². The number of fused-ring (bicyclic) bond motifs is 3. The van der Waals surface area contributed by atoms with E-state index in [2.05, 4.69) is 207 Å². The lowest BCUT2D eigenvalue weighted by molar-refractivity contribution is 0.640. The monoisotopic (exact) mass is 632 g/mol. The van der Waals surface area contributed by atoms with Crippen molar-refractivity contribution in [3.63, 3.8) is 0 Å². The van der Waals surface area contributed by atoms with Gasteiger partial charge < -0.3 is 9.47 Å². The zero-order valence-electron chi connectivity index (χ0n) is 28.6. The van der Waals surface area contributed by atoms with Crippen molar-refractivity contribution in [2.75, 3.05) is 4.90 Å². The Balaban J connectivity index is 1.36. The molecule has 0 aliphatic rings. The lowest BCUT2D eigenvalue weighted by atomic mass is 9.78. The van der Waals surface area contributed by atoms with Crippen LogP contribution in [0, 0.1) is 13.8 Å². The summed E-state index contributed by atoms with van der Waals surface area (Å²) in [5, 5.41) is 2.46. The van der Waals surface area contributed by atoms with Crippen LogP contribution < -0.4 is 4.90 Å². The Kier molecular flexibility index (Phi) is 7.65. The van der Waals surface area contributed by atoms with Crippen molar-refractivity contribution >= 4 is 38.9 Å². The molecule has 0 bridgehead atoms. The van der Waals surface area contributed by atoms with Gasteiger partial charge in [-0.2, -0.15) is 0 Å². The standard InChI is InChI=1S/C47H40N2/c1-33-18-23-39(24-19-33)48(40-25-20-34(2)21-26-40)42-27-29-46-44(32-42)43-30-36(35-12-7-5-8-13-35)22-28-45(43)49(46)41-17-11-16-38(31-41)47(3,4)37-14-9-6-10-15-37/h5-32H,1-4H3. The number of aryl methyl sites for hydroxylation is 2. The molecule has 7 aromatic carbocycles. The minimum atomic E-state index is -0.147. The summed E-state index contributed by atoms with van der Waals surface area (Å²) in [6.45, 7) is 8.91. The van der Waals surface area contributed by atoms with Crippen LogP contribution in [0.1, 0.15) is 36.1 Å². The van der Waals surface area contributed by atoms with E-state index in [0.717, 1.165) is 22.7 Å². The number of hydrogen-bond acceptors (Lipinski definition) is 1. The molecule has 49 heavy (non-hydrogen) atoms. The molecule has 238 valence electrons. The highest BCUT2D eigenvalue weighted by atomic mass is 15.1. The first-order chi connectivity index (χ1) is 23.9. The highest BCUT2D eigenvalue weighted by Crippen LogP contribution is 2.41. The van der Waals surface area contributed by atoms with Crippen LogP contribution in [-0.4, -0.2) is 4.57 Å². The predicted molar refractivity (Wildman–Crippen MR) is 209 cm³/mol. The summed E-state index contributed by atoms with van der Waals surface area (Å²) in [5.41, 5.74) is 14.3. The number of benzene rings is 7. The molecule has 0 atom stereocenters. The van der Waals surface area contributed by atoms with Gasteiger partial charge in [0, 0.05) is 38.9 Å². The van der Waals surface area contributed by atoms with Crippen LogP contribution in [-0.2, 0) is 5.41 Å². The van der Waals surface area contributed by atoms with Gasteiger partial charge in [0.1, 0.15) is 0 Å². The Morgan fingerprint density at radius 3 is 1.59 bits per heavy atom. The molecular weight excluding hydrogens is 593 g/mol. The molecule has 0 spiro atoms. The molecule has 0 saturated heterocycles. The van der Waals surface area contributed by atoms with Gasteiger partial charge in [0.05, 0.1) is 11.0 Å². The number of rotatable bonds is 7. The SMILES string of the molecule is Cc1ccc(N(c2ccc(C)cc2)c2ccc3c(c2)c2cc(-c4ccccc4)ccc2n3-c2cccc(C(C)(C)c3ccccc3)c2)cc1. The van der Waals surface area contributed by atoms with E-state index in [-0.39, 0.29) is 5.41 Å². The van der Waals surface area contributed by atoms with Crippen molar-refractivity contribution in [3.8, 4) is 16.8 Å². The Morgan fingerprint density at radius 2 is 0.959 bits per heavy atom. The van der Waals surface area contributed by atoms with Gasteiger partial charge in [-0.05, 0) is 103 Å². The second kappa shape index (κ2) is 12.3. The van der Waals surface area contributed by atoms with E-state index in [9.17, 15) is 0 Å². The summed E-state index contributed by atoms with van der Waals surface area (Å²) >= 11 is 0. The minimum Gasteiger partial charge on any atom is -0.310 e. The molecule has 8 rings (SSSR count). The topological polar surface area (TPSA) is 8.17 Å². The molecule has 8 aromatic rings. The van der Waals surface area contributed by atoms with Crippen molar-refractivity contribution < 1.29 is 0 Å². The third kappa shape index (κ3) is 5.60. The zero-order valence-corrected chi connectivity index (χ0v) is 28.6. The molecule has 1 heterocycles. The largest absolute Gasteiger partial charge is 0.310 e. The van der Waals surface area contributed by atoms with Crippen LogP contribution in [0.25, 0.3) is 38.6 Å². The fourth-order valence-electron chi connectivity index (χ4n) is 7.13. The second-order valence-electron chi connectivity index (χ2n) is 13.7. The van der Waals surface area contributed by atoms with Crippen LogP contribution in [0.3, 0.4) is 0 Å². The molecule has 0 saturated carbocycles. The van der Waals surface area contributed by atoms with E-state index in [0.29, 0.717) is 0 Å². The Labute approximate surface area is 289 Å². The quantitative estimate of drug-likeness (QED) is 0.170. The molecule has 0 aliphatic heterocycles. The summed E-state index contributed by atoms with van der Waals surface area (Å²) in [6.07, 6.45) is 0. The van der Waals surface area contributed by atoms with Crippen LogP contribution in [0.5, 0.6) is 0 Å². The average Bonchev–Trinajstić information content (AvgIpc) is 3.47. The molecular formula is C47H40N2. The van der Waals surface area contributed by atoms with Crippen LogP contribution in [0.2, 0.25) is 0 Å². The molecule has 0 N–H and O–H groups in total. The summed E-state index contributed by atoms with van der Waals surface area (Å²) in [7, 11) is 0. The normalized spacial score (nSPS) is 11.7. The first kappa shape index (κ1) is 30.5. The molecule has 0 fully saturated rings. The van der Waals surface area contributed by atoms with Gasteiger partial charge in [0.25, 0.3) is 0 Å². The average molecular weight is 633 g/mol. The van der Waals surface area contributed by atoms with Crippen molar-refractivity contribution in [3.05, 3.63) is 192 Å². The number of hydrogen-bond donors (Lipinski definition) is 0. The molecule has 0 aliphatic carbocycles. The minimum absolute atomic E-state index is 0.147. The lowest BCUT2D eigenvalue weighted by Gasteiger charge is -2.27. The second-order valence-corrected chi connectivity index (χ2v) is 13.7. The third-order valence-corrected chi connectivity index (χ3v) is 10.0. The third-order valence-electron chi connectivity index (χ3n) is 10.0. The van der Waals surface area contributed by atoms with E-state index in [1.54, 1.807) is 0 Å². The first-order valence-electron chi connectivity index (χ1n) is 17.1. The van der Waals surface area contributed by atoms with Gasteiger partial charge in [0.2, 0.25) is 0 Å². The summed E-state index contributed by atoms with van der Waals surface area (Å²) in [4.78, 5) is 2.37. The Morgan fingerprint density at radius 1 is 0.429 bits per heavy atom. The lowest BCUT2D eigenvalue weighted by Crippen LogP contribution is -2.19. The molecule has 2 nitrogen and oxygen atoms in total. The van der Waals surface area contributed by atoms with Gasteiger partial charge in [-0.15, -0.1) is 0 Å². The zero-order chi connectivity index (χ0) is 33.5. The maximum Gasteiger partial charge on any atom is 0.0542 e. The number of nitrogens with zero attached hydrogens (tertiary/aromatic N) is 2. The Bertz CT molecular complexity index is 2350. The molecule has 0 radical (unpaired) electrons. The van der Waals surface area contributed by atoms with Gasteiger partial charge in [-0.1, -0.05) is 128 Å². The number of aromatic nitrogens is 1. The highest BCUT2D eigenvalue weighted by molar-refractivity contribution is 6.12. The van der Waals surface area contributed by atoms with E-state index in [1.807, 2.05) is 0 Å². The van der Waals surface area contributed by atoms with Crippen molar-refractivity contribution in [2.24, 2.45) is 0 Å². The van der Waals surface area contributed by atoms with E-state index in [1.165, 1.54) is 55.2 Å². The van der Waals surface area contributed by atoms with E-state index < -0.39 is 0 Å². The van der Waals surface area contributed by atoms with Crippen LogP contribution >= 0.6 is 0 Å². The van der Waals surface area contributed by atoms with Gasteiger partial charge in [-0.25, -0.2) is 0 Å². The first-order valence-corrected chi connectivity index (χ1v) is 17.1. The Hall–Kier alpha value is -5.86. The molecule has 1 aromatic heterocycles. The molecule has 0 amide bonds. The molecule has 2 heteroatoms. The smallest absolute Gasteiger partial charge is 0.0542 e. The van der Waals surface area contributed by atoms with Crippen molar-refractivity contribution in [1.29, 1.82) is 0 Å². The van der Waals surface area contributed by atoms with E-state index >= 15 is 0 Å². The maximum atomic E-state index is 2.44. The number of anilines is 3. The maximum absolute atomic E-state index is 2.44. The summed E-state index contributed by atoms with van der Waals surface area (Å²) < 4.78 is 2.44. The van der Waals surface area contributed by atoms with E-state index in [4.69, 9.17) is 0 Å². The molecule has 0 unspecified atom stereocenters. The predicted octanol–water partition coefficient (Wildman–Crippen LogP) is 12.9. The highest BCUT2D eigenvalue weighted by Gasteiger charge is 2.24. The van der Waals surface area contributed by atoms with Crippen molar-refractivity contribution in [2.45, 2.75) is 33.1 Å². The van der Waals surface area contributed by atoms with Crippen LogP contribution in [0.15, 0.2) is 170 Å².